The molecular weight excluding hydrogens is 327 g/mol. The summed E-state index contributed by atoms with van der Waals surface area (Å²) >= 11 is 11.3. The lowest BCUT2D eigenvalue weighted by molar-refractivity contribution is -0.386. The van der Waals surface area contributed by atoms with Gasteiger partial charge >= 0.3 is 11.7 Å². The van der Waals surface area contributed by atoms with Crippen molar-refractivity contribution in [3.05, 3.63) is 20.7 Å². The molecule has 1 aromatic carbocycles. The Morgan fingerprint density at radius 3 is 2.33 bits per heavy atom. The first-order valence-electron chi connectivity index (χ1n) is 5.51. The van der Waals surface area contributed by atoms with E-state index in [-0.39, 0.29) is 34.5 Å². The molecule has 21 heavy (non-hydrogen) atoms. The number of alkyl halides is 1. The smallest absolute Gasteiger partial charge is 0.354 e. The summed E-state index contributed by atoms with van der Waals surface area (Å²) < 4.78 is 14.6. The highest BCUT2D eigenvalue weighted by Gasteiger charge is 2.35. The normalized spacial score (nSPS) is 10.1. The zero-order chi connectivity index (χ0) is 16.2. The maximum absolute atomic E-state index is 12.0. The quantitative estimate of drug-likeness (QED) is 0.278. The molecule has 0 fully saturated rings. The number of nitro benzene ring substituents is 1. The third-order valence-electron chi connectivity index (χ3n) is 2.47. The number of esters is 1. The van der Waals surface area contributed by atoms with Crippen molar-refractivity contribution in [2.45, 2.75) is 0 Å². The Morgan fingerprint density at radius 1 is 1.33 bits per heavy atom. The first-order chi connectivity index (χ1) is 9.90. The molecule has 0 heterocycles. The van der Waals surface area contributed by atoms with E-state index in [1.165, 1.54) is 7.11 Å². The zero-order valence-corrected chi connectivity index (χ0v) is 12.7. The molecule has 0 aliphatic carbocycles. The Hall–Kier alpha value is -1.93. The van der Waals surface area contributed by atoms with E-state index < -0.39 is 22.3 Å². The van der Waals surface area contributed by atoms with Gasteiger partial charge in [0, 0.05) is 0 Å². The molecule has 0 aliphatic rings. The molecular formula is C11H12Cl2N2O6. The molecule has 10 heteroatoms. The molecule has 0 radical (unpaired) electrons. The highest BCUT2D eigenvalue weighted by Crippen LogP contribution is 2.48. The molecule has 0 aliphatic heterocycles. The number of benzene rings is 1. The van der Waals surface area contributed by atoms with Crippen molar-refractivity contribution < 1.29 is 23.9 Å². The average molecular weight is 339 g/mol. The van der Waals surface area contributed by atoms with E-state index in [0.717, 1.165) is 7.11 Å². The summed E-state index contributed by atoms with van der Waals surface area (Å²) in [6.07, 6.45) is 0. The van der Waals surface area contributed by atoms with Gasteiger partial charge in [-0.15, -0.1) is 11.6 Å². The number of carbonyl (C=O) groups is 1. The van der Waals surface area contributed by atoms with E-state index in [1.54, 1.807) is 0 Å². The van der Waals surface area contributed by atoms with Crippen LogP contribution in [0.3, 0.4) is 0 Å². The Morgan fingerprint density at radius 2 is 1.90 bits per heavy atom. The van der Waals surface area contributed by atoms with Crippen molar-refractivity contribution in [1.82, 2.24) is 0 Å². The lowest BCUT2D eigenvalue weighted by atomic mass is 10.1. The first-order valence-corrected chi connectivity index (χ1v) is 6.42. The molecule has 8 nitrogen and oxygen atoms in total. The Balaban J connectivity index is 3.64. The second kappa shape index (κ2) is 7.19. The van der Waals surface area contributed by atoms with Crippen molar-refractivity contribution in [2.24, 2.45) is 0 Å². The van der Waals surface area contributed by atoms with E-state index in [2.05, 4.69) is 0 Å². The molecule has 1 aromatic rings. The number of carbonyl (C=O) groups excluding carboxylic acids is 1. The molecule has 2 N–H and O–H groups in total. The summed E-state index contributed by atoms with van der Waals surface area (Å²) in [5, 5.41) is 10.9. The van der Waals surface area contributed by atoms with E-state index >= 15 is 0 Å². The summed E-state index contributed by atoms with van der Waals surface area (Å²) in [4.78, 5) is 22.4. The van der Waals surface area contributed by atoms with Crippen molar-refractivity contribution in [3.8, 4) is 11.5 Å². The predicted molar refractivity (Wildman–Crippen MR) is 76.6 cm³/mol. The summed E-state index contributed by atoms with van der Waals surface area (Å²) in [7, 11) is 2.33. The van der Waals surface area contributed by atoms with Crippen LogP contribution >= 0.6 is 23.2 Å². The van der Waals surface area contributed by atoms with Gasteiger partial charge in [0.2, 0.25) is 11.5 Å². The summed E-state index contributed by atoms with van der Waals surface area (Å²) in [5.74, 6) is -1.57. The van der Waals surface area contributed by atoms with Gasteiger partial charge in [-0.05, 0) is 0 Å². The van der Waals surface area contributed by atoms with Crippen LogP contribution < -0.4 is 15.2 Å². The summed E-state index contributed by atoms with van der Waals surface area (Å²) in [5.41, 5.74) is 4.53. The van der Waals surface area contributed by atoms with Gasteiger partial charge in [-0.3, -0.25) is 10.1 Å². The van der Waals surface area contributed by atoms with Crippen molar-refractivity contribution in [1.29, 1.82) is 0 Å². The van der Waals surface area contributed by atoms with Crippen LogP contribution in [0.2, 0.25) is 5.02 Å². The maximum Gasteiger partial charge on any atom is 0.354 e. The molecule has 0 spiro atoms. The van der Waals surface area contributed by atoms with Gasteiger partial charge in [0.1, 0.15) is 17.2 Å². The van der Waals surface area contributed by atoms with Gasteiger partial charge < -0.3 is 19.9 Å². The van der Waals surface area contributed by atoms with Gasteiger partial charge in [-0.1, -0.05) is 11.6 Å². The molecule has 0 aromatic heterocycles. The topological polar surface area (TPSA) is 114 Å². The second-order valence-corrected chi connectivity index (χ2v) is 4.36. The van der Waals surface area contributed by atoms with E-state index in [9.17, 15) is 14.9 Å². The fourth-order valence-corrected chi connectivity index (χ4v) is 1.98. The van der Waals surface area contributed by atoms with E-state index in [0.29, 0.717) is 0 Å². The van der Waals surface area contributed by atoms with Gasteiger partial charge in [0.25, 0.3) is 0 Å². The fourth-order valence-electron chi connectivity index (χ4n) is 1.64. The molecule has 0 saturated carbocycles. The SMILES string of the molecule is COc1c(Cl)c(N)c(C(=O)OCCCl)c(OC)c1[N+](=O)[O-]. The molecule has 1 rings (SSSR count). The number of nitro groups is 1. The highest BCUT2D eigenvalue weighted by molar-refractivity contribution is 6.36. The van der Waals surface area contributed by atoms with Crippen LogP contribution in [0.4, 0.5) is 11.4 Å². The number of hydrogen-bond donors (Lipinski definition) is 1. The van der Waals surface area contributed by atoms with Gasteiger partial charge in [-0.2, -0.15) is 0 Å². The lowest BCUT2D eigenvalue weighted by Gasteiger charge is -2.15. The maximum atomic E-state index is 12.0. The van der Waals surface area contributed by atoms with Gasteiger partial charge in [-0.25, -0.2) is 4.79 Å². The Bertz CT molecular complexity index is 579. The standard InChI is InChI=1S/C11H12Cl2N2O6/c1-19-9-5(11(16)21-4-3-12)7(14)6(13)10(20-2)8(9)15(17)18/h3-4,14H2,1-2H3. The number of anilines is 1. The minimum Gasteiger partial charge on any atom is -0.489 e. The molecule has 0 bridgehead atoms. The number of halogens is 2. The third-order valence-corrected chi connectivity index (χ3v) is 3.00. The number of nitrogen functional groups attached to an aromatic ring is 1. The van der Waals surface area contributed by atoms with E-state index in [4.69, 9.17) is 43.1 Å². The third kappa shape index (κ3) is 3.22. The minimum atomic E-state index is -0.933. The minimum absolute atomic E-state index is 0.0555. The lowest BCUT2D eigenvalue weighted by Crippen LogP contribution is -2.14. The van der Waals surface area contributed by atoms with Crippen molar-refractivity contribution in [2.75, 3.05) is 32.4 Å². The molecule has 0 saturated heterocycles. The Labute approximate surface area is 129 Å². The fraction of sp³-hybridized carbons (Fsp3) is 0.364. The van der Waals surface area contributed by atoms with Crippen LogP contribution in [0.1, 0.15) is 10.4 Å². The van der Waals surface area contributed by atoms with Crippen LogP contribution in [0.25, 0.3) is 0 Å². The highest BCUT2D eigenvalue weighted by atomic mass is 35.5. The zero-order valence-electron chi connectivity index (χ0n) is 11.1. The van der Waals surface area contributed by atoms with Crippen LogP contribution in [0.15, 0.2) is 0 Å². The molecule has 0 atom stereocenters. The number of ether oxygens (including phenoxy) is 3. The van der Waals surface area contributed by atoms with Gasteiger partial charge in [0.05, 0.1) is 30.7 Å². The summed E-state index contributed by atoms with van der Waals surface area (Å²) in [6.45, 7) is -0.0968. The van der Waals surface area contributed by atoms with Crippen LogP contribution in [0.5, 0.6) is 11.5 Å². The van der Waals surface area contributed by atoms with E-state index in [1.807, 2.05) is 0 Å². The first kappa shape index (κ1) is 17.1. The largest absolute Gasteiger partial charge is 0.489 e. The van der Waals surface area contributed by atoms with Crippen molar-refractivity contribution >= 4 is 40.5 Å². The molecule has 0 unspecified atom stereocenters. The number of nitrogens with zero attached hydrogens (tertiary/aromatic N) is 1. The number of hydrogen-bond acceptors (Lipinski definition) is 7. The number of methoxy groups -OCH3 is 2. The van der Waals surface area contributed by atoms with Crippen LogP contribution in [0, 0.1) is 10.1 Å². The average Bonchev–Trinajstić information content (AvgIpc) is 2.46. The van der Waals surface area contributed by atoms with Gasteiger partial charge in [0.15, 0.2) is 0 Å². The summed E-state index contributed by atoms with van der Waals surface area (Å²) in [6, 6.07) is 0. The van der Waals surface area contributed by atoms with Crippen molar-refractivity contribution in [3.63, 3.8) is 0 Å². The molecule has 116 valence electrons. The molecule has 0 amide bonds. The number of rotatable bonds is 6. The predicted octanol–water partition coefficient (Wildman–Crippen LogP) is 2.24. The second-order valence-electron chi connectivity index (χ2n) is 3.60. The van der Waals surface area contributed by atoms with Crippen LogP contribution in [-0.2, 0) is 4.74 Å². The monoisotopic (exact) mass is 338 g/mol. The van der Waals surface area contributed by atoms with Crippen LogP contribution in [-0.4, -0.2) is 37.6 Å². The number of nitrogens with two attached hydrogens (primary N) is 1. The Kier molecular flexibility index (Phi) is 5.86.